The number of anilines is 1. The van der Waals surface area contributed by atoms with Crippen LogP contribution in [-0.2, 0) is 0 Å². The summed E-state index contributed by atoms with van der Waals surface area (Å²) in [5.41, 5.74) is 6.34. The van der Waals surface area contributed by atoms with E-state index >= 15 is 0 Å². The molecule has 1 aliphatic carbocycles. The highest BCUT2D eigenvalue weighted by Crippen LogP contribution is 2.34. The lowest BCUT2D eigenvalue weighted by Gasteiger charge is -2.22. The number of nitrogens with zero attached hydrogens (tertiary/aromatic N) is 4. The Morgan fingerprint density at radius 2 is 2.05 bits per heavy atom. The summed E-state index contributed by atoms with van der Waals surface area (Å²) in [6.45, 7) is 2.24. The molecule has 5 nitrogen and oxygen atoms in total. The molecule has 112 valence electrons. The zero-order valence-electron chi connectivity index (χ0n) is 12.2. The van der Waals surface area contributed by atoms with Crippen molar-refractivity contribution in [3.8, 4) is 11.4 Å². The van der Waals surface area contributed by atoms with Crippen LogP contribution in [-0.4, -0.2) is 20.2 Å². The van der Waals surface area contributed by atoms with Gasteiger partial charge < -0.3 is 5.73 Å². The Labute approximate surface area is 123 Å². The first kappa shape index (κ1) is 14.0. The maximum Gasteiger partial charge on any atom is 0.182 e. The minimum Gasteiger partial charge on any atom is -0.396 e. The monoisotopic (exact) mass is 289 g/mol. The van der Waals surface area contributed by atoms with Crippen LogP contribution in [0.3, 0.4) is 0 Å². The van der Waals surface area contributed by atoms with Crippen LogP contribution in [0.25, 0.3) is 11.4 Å². The Hall–Kier alpha value is -1.98. The van der Waals surface area contributed by atoms with Gasteiger partial charge in [0, 0.05) is 5.56 Å². The van der Waals surface area contributed by atoms with E-state index in [1.54, 1.807) is 12.1 Å². The van der Waals surface area contributed by atoms with Gasteiger partial charge in [-0.15, -0.1) is 5.10 Å². The van der Waals surface area contributed by atoms with Gasteiger partial charge in [-0.3, -0.25) is 0 Å². The Morgan fingerprint density at radius 1 is 1.24 bits per heavy atom. The van der Waals surface area contributed by atoms with Crippen molar-refractivity contribution >= 4 is 5.69 Å². The van der Waals surface area contributed by atoms with Crippen LogP contribution in [0.2, 0.25) is 0 Å². The van der Waals surface area contributed by atoms with Gasteiger partial charge in [0.1, 0.15) is 5.82 Å². The molecule has 0 saturated heterocycles. The second-order valence-corrected chi connectivity index (χ2v) is 5.87. The third-order valence-corrected chi connectivity index (χ3v) is 4.38. The number of tetrazole rings is 1. The fraction of sp³-hybridized carbons (Fsp3) is 0.533. The topological polar surface area (TPSA) is 69.6 Å². The molecule has 1 heterocycles. The maximum absolute atomic E-state index is 13.7. The van der Waals surface area contributed by atoms with Crippen molar-refractivity contribution in [1.29, 1.82) is 0 Å². The zero-order chi connectivity index (χ0) is 14.8. The van der Waals surface area contributed by atoms with Crippen LogP contribution in [0.15, 0.2) is 18.2 Å². The van der Waals surface area contributed by atoms with Gasteiger partial charge in [0.05, 0.1) is 11.7 Å². The molecule has 0 radical (unpaired) electrons. The maximum atomic E-state index is 13.7. The van der Waals surface area contributed by atoms with Gasteiger partial charge in [-0.1, -0.05) is 26.2 Å². The fourth-order valence-corrected chi connectivity index (χ4v) is 3.11. The summed E-state index contributed by atoms with van der Waals surface area (Å²) in [6.07, 6.45) is 5.95. The molecule has 0 bridgehead atoms. The summed E-state index contributed by atoms with van der Waals surface area (Å²) in [5.74, 6) is 0.706. The second kappa shape index (κ2) is 5.79. The van der Waals surface area contributed by atoms with Crippen molar-refractivity contribution in [3.63, 3.8) is 0 Å². The predicted octanol–water partition coefficient (Wildman–Crippen LogP) is 3.20. The molecule has 1 aromatic heterocycles. The first-order valence-corrected chi connectivity index (χ1v) is 7.50. The smallest absolute Gasteiger partial charge is 0.182 e. The number of hydrogen-bond acceptors (Lipinski definition) is 4. The molecule has 0 aliphatic heterocycles. The van der Waals surface area contributed by atoms with E-state index in [0.717, 1.165) is 6.42 Å². The molecule has 6 heteroatoms. The summed E-state index contributed by atoms with van der Waals surface area (Å²) in [6, 6.07) is 5.00. The molecule has 21 heavy (non-hydrogen) atoms. The average Bonchev–Trinajstić information content (AvgIpc) is 2.85. The molecule has 1 saturated carbocycles. The van der Waals surface area contributed by atoms with E-state index in [4.69, 9.17) is 5.73 Å². The van der Waals surface area contributed by atoms with E-state index in [2.05, 4.69) is 22.4 Å². The third-order valence-electron chi connectivity index (χ3n) is 4.38. The lowest BCUT2D eigenvalue weighted by molar-refractivity contribution is 0.306. The third kappa shape index (κ3) is 2.75. The molecule has 1 fully saturated rings. The first-order valence-electron chi connectivity index (χ1n) is 7.50. The Morgan fingerprint density at radius 3 is 2.86 bits per heavy atom. The number of hydrogen-bond donors (Lipinski definition) is 1. The van der Waals surface area contributed by atoms with Gasteiger partial charge in [0.2, 0.25) is 0 Å². The van der Waals surface area contributed by atoms with E-state index < -0.39 is 5.82 Å². The highest BCUT2D eigenvalue weighted by Gasteiger charge is 2.25. The van der Waals surface area contributed by atoms with E-state index in [-0.39, 0.29) is 11.7 Å². The predicted molar refractivity (Wildman–Crippen MR) is 78.9 cm³/mol. The Bertz CT molecular complexity index is 624. The van der Waals surface area contributed by atoms with Gasteiger partial charge in [0.15, 0.2) is 5.82 Å². The number of rotatable bonds is 2. The first-order chi connectivity index (χ1) is 10.2. The number of halogens is 1. The normalized spacial score (nSPS) is 23.0. The number of aromatic nitrogens is 4. The van der Waals surface area contributed by atoms with E-state index in [1.165, 1.54) is 31.7 Å². The molecule has 1 aliphatic rings. The van der Waals surface area contributed by atoms with E-state index in [9.17, 15) is 4.39 Å². The fourth-order valence-electron chi connectivity index (χ4n) is 3.11. The van der Waals surface area contributed by atoms with E-state index in [0.29, 0.717) is 17.3 Å². The van der Waals surface area contributed by atoms with Crippen LogP contribution in [0.5, 0.6) is 0 Å². The van der Waals surface area contributed by atoms with Crippen molar-refractivity contribution in [1.82, 2.24) is 20.2 Å². The van der Waals surface area contributed by atoms with Crippen molar-refractivity contribution in [2.75, 3.05) is 5.73 Å². The molecule has 0 amide bonds. The summed E-state index contributed by atoms with van der Waals surface area (Å²) in [4.78, 5) is 0. The number of benzene rings is 1. The van der Waals surface area contributed by atoms with Crippen molar-refractivity contribution < 1.29 is 4.39 Å². The Kier molecular flexibility index (Phi) is 3.86. The molecule has 1 aromatic carbocycles. The van der Waals surface area contributed by atoms with Gasteiger partial charge >= 0.3 is 0 Å². The Balaban J connectivity index is 1.97. The molecular weight excluding hydrogens is 269 g/mol. The number of nitrogens with two attached hydrogens (primary N) is 1. The van der Waals surface area contributed by atoms with Gasteiger partial charge in [-0.25, -0.2) is 9.07 Å². The van der Waals surface area contributed by atoms with Crippen LogP contribution in [0.4, 0.5) is 10.1 Å². The van der Waals surface area contributed by atoms with Gasteiger partial charge in [-0.2, -0.15) is 0 Å². The zero-order valence-corrected chi connectivity index (χ0v) is 12.2. The van der Waals surface area contributed by atoms with E-state index in [1.807, 2.05) is 4.68 Å². The van der Waals surface area contributed by atoms with Gasteiger partial charge in [-0.05, 0) is 47.4 Å². The quantitative estimate of drug-likeness (QED) is 0.681. The largest absolute Gasteiger partial charge is 0.396 e. The summed E-state index contributed by atoms with van der Waals surface area (Å²) < 4.78 is 15.5. The van der Waals surface area contributed by atoms with Crippen molar-refractivity contribution in [2.45, 2.75) is 45.1 Å². The molecule has 2 atom stereocenters. The molecule has 3 rings (SSSR count). The average molecular weight is 289 g/mol. The standard InChI is InChI=1S/C15H20FN5/c1-10-5-3-2-4-6-14(10)21-15(18-19-20-21)11-7-8-13(17)12(16)9-11/h7-10,14H,2-6,17H2,1H3. The molecular formula is C15H20FN5. The lowest BCUT2D eigenvalue weighted by atomic mass is 9.97. The summed E-state index contributed by atoms with van der Waals surface area (Å²) in [5, 5.41) is 12.1. The highest BCUT2D eigenvalue weighted by atomic mass is 19.1. The van der Waals surface area contributed by atoms with Crippen molar-refractivity contribution in [3.05, 3.63) is 24.0 Å². The van der Waals surface area contributed by atoms with Crippen LogP contribution >= 0.6 is 0 Å². The van der Waals surface area contributed by atoms with Crippen LogP contribution < -0.4 is 5.73 Å². The second-order valence-electron chi connectivity index (χ2n) is 5.87. The van der Waals surface area contributed by atoms with Crippen molar-refractivity contribution in [2.24, 2.45) is 5.92 Å². The molecule has 0 spiro atoms. The lowest BCUT2D eigenvalue weighted by Crippen LogP contribution is -2.18. The highest BCUT2D eigenvalue weighted by molar-refractivity contribution is 5.59. The van der Waals surface area contributed by atoms with Gasteiger partial charge in [0.25, 0.3) is 0 Å². The molecule has 2 unspecified atom stereocenters. The summed E-state index contributed by atoms with van der Waals surface area (Å²) in [7, 11) is 0. The minimum atomic E-state index is -0.434. The SMILES string of the molecule is CC1CCCCCC1n1nnnc1-c1ccc(N)c(F)c1. The molecule has 2 aromatic rings. The summed E-state index contributed by atoms with van der Waals surface area (Å²) >= 11 is 0. The number of nitrogen functional groups attached to an aromatic ring is 1. The molecule has 2 N–H and O–H groups in total. The van der Waals surface area contributed by atoms with Crippen LogP contribution in [0, 0.1) is 11.7 Å². The van der Waals surface area contributed by atoms with Crippen LogP contribution in [0.1, 0.15) is 45.1 Å². The minimum absolute atomic E-state index is 0.139.